The first-order valence-corrected chi connectivity index (χ1v) is 7.21. The van der Waals surface area contributed by atoms with Crippen molar-refractivity contribution < 1.29 is 9.18 Å². The number of amides is 1. The van der Waals surface area contributed by atoms with Crippen LogP contribution in [0.1, 0.15) is 42.9 Å². The fourth-order valence-electron chi connectivity index (χ4n) is 2.77. The second kappa shape index (κ2) is 5.92. The number of hydrogen-bond donors (Lipinski definition) is 2. The van der Waals surface area contributed by atoms with Crippen LogP contribution in [0.15, 0.2) is 12.1 Å². The molecule has 1 aliphatic rings. The minimum atomic E-state index is -0.470. The van der Waals surface area contributed by atoms with Gasteiger partial charge in [-0.3, -0.25) is 4.79 Å². The van der Waals surface area contributed by atoms with E-state index in [0.29, 0.717) is 17.7 Å². The molecule has 1 aromatic carbocycles. The molecule has 1 unspecified atom stereocenters. The maximum absolute atomic E-state index is 13.6. The molecule has 0 bridgehead atoms. The van der Waals surface area contributed by atoms with Crippen molar-refractivity contribution in [3.05, 3.63) is 34.6 Å². The van der Waals surface area contributed by atoms with Crippen LogP contribution in [0.3, 0.4) is 0 Å². The van der Waals surface area contributed by atoms with Crippen LogP contribution >= 0.6 is 0 Å². The second-order valence-corrected chi connectivity index (χ2v) is 5.94. The van der Waals surface area contributed by atoms with E-state index in [4.69, 9.17) is 0 Å². The van der Waals surface area contributed by atoms with E-state index in [0.717, 1.165) is 31.4 Å². The summed E-state index contributed by atoms with van der Waals surface area (Å²) in [6, 6.07) is 3.58. The fourth-order valence-corrected chi connectivity index (χ4v) is 2.77. The Bertz CT molecular complexity index is 484. The maximum atomic E-state index is 13.6. The molecule has 110 valence electrons. The van der Waals surface area contributed by atoms with Crippen LogP contribution in [0.2, 0.25) is 0 Å². The number of rotatable bonds is 3. The van der Waals surface area contributed by atoms with Crippen LogP contribution in [0, 0.1) is 19.7 Å². The average molecular weight is 278 g/mol. The fraction of sp³-hybridized carbons (Fsp3) is 0.562. The minimum Gasteiger partial charge on any atom is -0.350 e. The molecule has 1 heterocycles. The summed E-state index contributed by atoms with van der Waals surface area (Å²) in [4.78, 5) is 12.3. The number of benzene rings is 1. The number of aryl methyl sites for hydroxylation is 2. The van der Waals surface area contributed by atoms with E-state index in [1.165, 1.54) is 0 Å². The Morgan fingerprint density at radius 3 is 2.55 bits per heavy atom. The highest BCUT2D eigenvalue weighted by Crippen LogP contribution is 2.19. The van der Waals surface area contributed by atoms with E-state index in [1.807, 2.05) is 6.92 Å². The molecule has 4 heteroatoms. The van der Waals surface area contributed by atoms with Crippen molar-refractivity contribution in [3.63, 3.8) is 0 Å². The van der Waals surface area contributed by atoms with E-state index < -0.39 is 5.54 Å². The van der Waals surface area contributed by atoms with Crippen molar-refractivity contribution in [1.29, 1.82) is 0 Å². The first-order chi connectivity index (χ1) is 9.42. The molecule has 1 atom stereocenters. The molecule has 0 aliphatic carbocycles. The Kier molecular flexibility index (Phi) is 4.43. The molecule has 1 saturated heterocycles. The monoisotopic (exact) mass is 278 g/mol. The highest BCUT2D eigenvalue weighted by atomic mass is 19.1. The lowest BCUT2D eigenvalue weighted by Crippen LogP contribution is -2.56. The zero-order valence-corrected chi connectivity index (χ0v) is 12.5. The highest BCUT2D eigenvalue weighted by Gasteiger charge is 2.33. The average Bonchev–Trinajstić information content (AvgIpc) is 2.42. The number of hydrogen-bond acceptors (Lipinski definition) is 2. The van der Waals surface area contributed by atoms with Crippen molar-refractivity contribution in [2.75, 3.05) is 6.54 Å². The van der Waals surface area contributed by atoms with Gasteiger partial charge in [-0.2, -0.15) is 0 Å². The number of nitrogens with one attached hydrogen (secondary N) is 2. The highest BCUT2D eigenvalue weighted by molar-refractivity contribution is 5.85. The standard InChI is InChI=1S/C16H23FN2O/c1-11-8-13(9-12(2)14(11)17)10-18-15(20)16(3)6-4-5-7-19-16/h8-9,19H,4-7,10H2,1-3H3,(H,18,20). The quantitative estimate of drug-likeness (QED) is 0.892. The van der Waals surface area contributed by atoms with Gasteiger partial charge in [0.2, 0.25) is 5.91 Å². The molecule has 1 fully saturated rings. The Balaban J connectivity index is 2.00. The lowest BCUT2D eigenvalue weighted by Gasteiger charge is -2.33. The number of piperidine rings is 1. The summed E-state index contributed by atoms with van der Waals surface area (Å²) in [5.41, 5.74) is 1.71. The van der Waals surface area contributed by atoms with Crippen LogP contribution in [0.5, 0.6) is 0 Å². The molecule has 0 saturated carbocycles. The van der Waals surface area contributed by atoms with Gasteiger partial charge in [-0.15, -0.1) is 0 Å². The van der Waals surface area contributed by atoms with Gasteiger partial charge >= 0.3 is 0 Å². The zero-order valence-electron chi connectivity index (χ0n) is 12.5. The summed E-state index contributed by atoms with van der Waals surface area (Å²) in [5, 5.41) is 6.25. The normalized spacial score (nSPS) is 22.6. The first-order valence-electron chi connectivity index (χ1n) is 7.21. The third-order valence-corrected chi connectivity index (χ3v) is 4.07. The number of halogens is 1. The van der Waals surface area contributed by atoms with Crippen LogP contribution in [0.25, 0.3) is 0 Å². The molecule has 20 heavy (non-hydrogen) atoms. The summed E-state index contributed by atoms with van der Waals surface area (Å²) in [6.45, 7) is 6.77. The Morgan fingerprint density at radius 1 is 1.35 bits per heavy atom. The van der Waals surface area contributed by atoms with Crippen molar-refractivity contribution in [1.82, 2.24) is 10.6 Å². The van der Waals surface area contributed by atoms with Crippen LogP contribution in [-0.2, 0) is 11.3 Å². The van der Waals surface area contributed by atoms with Crippen molar-refractivity contribution in [2.45, 2.75) is 52.1 Å². The van der Waals surface area contributed by atoms with Crippen LogP contribution in [-0.4, -0.2) is 18.0 Å². The third-order valence-electron chi connectivity index (χ3n) is 4.07. The molecule has 1 aliphatic heterocycles. The second-order valence-electron chi connectivity index (χ2n) is 5.94. The molecule has 2 N–H and O–H groups in total. The SMILES string of the molecule is Cc1cc(CNC(=O)C2(C)CCCCN2)cc(C)c1F. The van der Waals surface area contributed by atoms with Gasteiger partial charge in [0.15, 0.2) is 0 Å². The summed E-state index contributed by atoms with van der Waals surface area (Å²) >= 11 is 0. The summed E-state index contributed by atoms with van der Waals surface area (Å²) in [6.07, 6.45) is 3.06. The molecule has 1 amide bonds. The maximum Gasteiger partial charge on any atom is 0.240 e. The van der Waals surface area contributed by atoms with Crippen molar-refractivity contribution in [3.8, 4) is 0 Å². The van der Waals surface area contributed by atoms with Gasteiger partial charge < -0.3 is 10.6 Å². The Hall–Kier alpha value is -1.42. The molecule has 1 aromatic rings. The lowest BCUT2D eigenvalue weighted by molar-refractivity contribution is -0.128. The van der Waals surface area contributed by atoms with E-state index in [-0.39, 0.29) is 11.7 Å². The van der Waals surface area contributed by atoms with Gasteiger partial charge in [0, 0.05) is 6.54 Å². The molecule has 3 nitrogen and oxygen atoms in total. The summed E-state index contributed by atoms with van der Waals surface area (Å²) in [7, 11) is 0. The van der Waals surface area contributed by atoms with Crippen molar-refractivity contribution in [2.24, 2.45) is 0 Å². The van der Waals surface area contributed by atoms with Gasteiger partial charge in [-0.1, -0.05) is 12.1 Å². The Morgan fingerprint density at radius 2 is 2.00 bits per heavy atom. The smallest absolute Gasteiger partial charge is 0.240 e. The Labute approximate surface area is 120 Å². The van der Waals surface area contributed by atoms with Gasteiger partial charge in [0.25, 0.3) is 0 Å². The first kappa shape index (κ1) is 15.0. The van der Waals surface area contributed by atoms with Gasteiger partial charge in [0.05, 0.1) is 5.54 Å². The van der Waals surface area contributed by atoms with Gasteiger partial charge in [0.1, 0.15) is 5.82 Å². The van der Waals surface area contributed by atoms with Crippen LogP contribution < -0.4 is 10.6 Å². The van der Waals surface area contributed by atoms with Crippen molar-refractivity contribution >= 4 is 5.91 Å². The van der Waals surface area contributed by atoms with Crippen LogP contribution in [0.4, 0.5) is 4.39 Å². The zero-order chi connectivity index (χ0) is 14.8. The summed E-state index contributed by atoms with van der Waals surface area (Å²) < 4.78 is 13.6. The lowest BCUT2D eigenvalue weighted by atomic mass is 9.90. The van der Waals surface area contributed by atoms with E-state index in [1.54, 1.807) is 26.0 Å². The van der Waals surface area contributed by atoms with E-state index in [2.05, 4.69) is 10.6 Å². The predicted molar refractivity (Wildman–Crippen MR) is 78.0 cm³/mol. The summed E-state index contributed by atoms with van der Waals surface area (Å²) in [5.74, 6) is -0.141. The number of carbonyl (C=O) groups is 1. The largest absolute Gasteiger partial charge is 0.350 e. The van der Waals surface area contributed by atoms with Gasteiger partial charge in [-0.05, 0) is 63.3 Å². The van der Waals surface area contributed by atoms with Gasteiger partial charge in [-0.25, -0.2) is 4.39 Å². The predicted octanol–water partition coefficient (Wildman–Crippen LogP) is 2.59. The topological polar surface area (TPSA) is 41.1 Å². The van der Waals surface area contributed by atoms with E-state index in [9.17, 15) is 9.18 Å². The third kappa shape index (κ3) is 3.18. The molecule has 2 rings (SSSR count). The molecule has 0 aromatic heterocycles. The molecule has 0 spiro atoms. The molecular weight excluding hydrogens is 255 g/mol. The van der Waals surface area contributed by atoms with E-state index >= 15 is 0 Å². The molecular formula is C16H23FN2O. The minimum absolute atomic E-state index is 0.0248. The number of carbonyl (C=O) groups excluding carboxylic acids is 1. The molecule has 0 radical (unpaired) electrons.